The van der Waals surface area contributed by atoms with Crippen molar-refractivity contribution >= 4 is 15.9 Å². The summed E-state index contributed by atoms with van der Waals surface area (Å²) in [5, 5.41) is 0. The molecule has 1 atom stereocenters. The van der Waals surface area contributed by atoms with E-state index in [-0.39, 0.29) is 18.1 Å². The van der Waals surface area contributed by atoms with E-state index in [1.807, 2.05) is 0 Å². The summed E-state index contributed by atoms with van der Waals surface area (Å²) in [5.74, 6) is -0.642. The van der Waals surface area contributed by atoms with Crippen molar-refractivity contribution in [3.8, 4) is 0 Å². The van der Waals surface area contributed by atoms with E-state index in [0.29, 0.717) is 16.7 Å². The highest BCUT2D eigenvalue weighted by molar-refractivity contribution is 9.10. The summed E-state index contributed by atoms with van der Waals surface area (Å²) in [6, 6.07) is 9.18. The van der Waals surface area contributed by atoms with Gasteiger partial charge < -0.3 is 5.73 Å². The number of rotatable bonds is 3. The SMILES string of the molecule is Cc1cccc(C(N)Cc2cc(Br)ccc2F)c1F. The van der Waals surface area contributed by atoms with Crippen molar-refractivity contribution in [3.63, 3.8) is 0 Å². The topological polar surface area (TPSA) is 26.0 Å². The lowest BCUT2D eigenvalue weighted by Gasteiger charge is -2.15. The Morgan fingerprint density at radius 2 is 1.95 bits per heavy atom. The Balaban J connectivity index is 2.28. The third kappa shape index (κ3) is 3.19. The number of hydrogen-bond acceptors (Lipinski definition) is 1. The lowest BCUT2D eigenvalue weighted by molar-refractivity contribution is 0.558. The Kier molecular flexibility index (Phi) is 4.32. The van der Waals surface area contributed by atoms with E-state index in [0.717, 1.165) is 4.47 Å². The average Bonchev–Trinajstić information content (AvgIpc) is 2.37. The zero-order chi connectivity index (χ0) is 14.0. The fraction of sp³-hybridized carbons (Fsp3) is 0.200. The number of hydrogen-bond donors (Lipinski definition) is 1. The van der Waals surface area contributed by atoms with Crippen LogP contribution in [0, 0.1) is 18.6 Å². The van der Waals surface area contributed by atoms with E-state index >= 15 is 0 Å². The molecule has 4 heteroatoms. The lowest BCUT2D eigenvalue weighted by Crippen LogP contribution is -2.16. The Labute approximate surface area is 119 Å². The highest BCUT2D eigenvalue weighted by atomic mass is 79.9. The zero-order valence-electron chi connectivity index (χ0n) is 10.5. The Hall–Kier alpha value is -1.26. The van der Waals surface area contributed by atoms with Crippen LogP contribution in [-0.2, 0) is 6.42 Å². The molecule has 0 bridgehead atoms. The largest absolute Gasteiger partial charge is 0.324 e. The molecule has 0 aliphatic carbocycles. The first-order valence-corrected chi connectivity index (χ1v) is 6.73. The van der Waals surface area contributed by atoms with Gasteiger partial charge in [0.05, 0.1) is 0 Å². The van der Waals surface area contributed by atoms with Crippen LogP contribution in [0.1, 0.15) is 22.7 Å². The quantitative estimate of drug-likeness (QED) is 0.895. The van der Waals surface area contributed by atoms with Gasteiger partial charge in [-0.05, 0) is 42.7 Å². The summed E-state index contributed by atoms with van der Waals surface area (Å²) in [6.45, 7) is 1.69. The number of aryl methyl sites for hydroxylation is 1. The standard InChI is InChI=1S/C15H14BrF2N/c1-9-3-2-4-12(15(9)18)14(19)8-10-7-11(16)5-6-13(10)17/h2-7,14H,8,19H2,1H3. The summed E-state index contributed by atoms with van der Waals surface area (Å²) < 4.78 is 28.4. The molecule has 100 valence electrons. The van der Waals surface area contributed by atoms with Gasteiger partial charge in [0.25, 0.3) is 0 Å². The smallest absolute Gasteiger partial charge is 0.130 e. The molecule has 0 radical (unpaired) electrons. The van der Waals surface area contributed by atoms with Crippen molar-refractivity contribution in [2.75, 3.05) is 0 Å². The molecule has 2 rings (SSSR count). The first-order valence-electron chi connectivity index (χ1n) is 5.93. The van der Waals surface area contributed by atoms with Gasteiger partial charge in [0.15, 0.2) is 0 Å². The van der Waals surface area contributed by atoms with Gasteiger partial charge >= 0.3 is 0 Å². The van der Waals surface area contributed by atoms with Crippen LogP contribution >= 0.6 is 15.9 Å². The Morgan fingerprint density at radius 3 is 2.68 bits per heavy atom. The minimum Gasteiger partial charge on any atom is -0.324 e. The number of benzene rings is 2. The van der Waals surface area contributed by atoms with Gasteiger partial charge in [0.1, 0.15) is 11.6 Å². The molecule has 0 spiro atoms. The summed E-state index contributed by atoms with van der Waals surface area (Å²) in [5.41, 5.74) is 7.43. The van der Waals surface area contributed by atoms with E-state index < -0.39 is 6.04 Å². The molecule has 0 aromatic heterocycles. The minimum atomic E-state index is -0.566. The first-order chi connectivity index (χ1) is 8.99. The van der Waals surface area contributed by atoms with Crippen LogP contribution in [0.25, 0.3) is 0 Å². The second kappa shape index (κ2) is 5.80. The summed E-state index contributed by atoms with van der Waals surface area (Å²) in [6.07, 6.45) is 0.256. The van der Waals surface area contributed by atoms with Gasteiger partial charge in [-0.2, -0.15) is 0 Å². The van der Waals surface area contributed by atoms with Crippen LogP contribution in [0.5, 0.6) is 0 Å². The molecule has 0 aliphatic heterocycles. The predicted molar refractivity (Wildman–Crippen MR) is 75.9 cm³/mol. The van der Waals surface area contributed by atoms with Gasteiger partial charge in [0.2, 0.25) is 0 Å². The fourth-order valence-electron chi connectivity index (χ4n) is 2.00. The van der Waals surface area contributed by atoms with E-state index in [2.05, 4.69) is 15.9 Å². The second-order valence-corrected chi connectivity index (χ2v) is 5.44. The van der Waals surface area contributed by atoms with Crippen LogP contribution in [0.2, 0.25) is 0 Å². The van der Waals surface area contributed by atoms with Crippen LogP contribution in [-0.4, -0.2) is 0 Å². The minimum absolute atomic E-state index is 0.256. The summed E-state index contributed by atoms with van der Waals surface area (Å²) in [7, 11) is 0. The molecule has 1 unspecified atom stereocenters. The van der Waals surface area contributed by atoms with E-state index in [1.54, 1.807) is 37.3 Å². The van der Waals surface area contributed by atoms with Gasteiger partial charge in [-0.3, -0.25) is 0 Å². The molecular weight excluding hydrogens is 312 g/mol. The maximum atomic E-state index is 14.0. The lowest BCUT2D eigenvalue weighted by atomic mass is 9.97. The predicted octanol–water partition coefficient (Wildman–Crippen LogP) is 4.28. The summed E-state index contributed by atoms with van der Waals surface area (Å²) in [4.78, 5) is 0. The van der Waals surface area contributed by atoms with Crippen molar-refractivity contribution in [1.82, 2.24) is 0 Å². The van der Waals surface area contributed by atoms with Crippen LogP contribution in [0.4, 0.5) is 8.78 Å². The van der Waals surface area contributed by atoms with Gasteiger partial charge in [0, 0.05) is 16.1 Å². The van der Waals surface area contributed by atoms with Gasteiger partial charge in [-0.25, -0.2) is 8.78 Å². The molecular formula is C15H14BrF2N. The maximum Gasteiger partial charge on any atom is 0.130 e. The number of nitrogens with two attached hydrogens (primary N) is 1. The molecule has 0 heterocycles. The van der Waals surface area contributed by atoms with E-state index in [4.69, 9.17) is 5.73 Å². The van der Waals surface area contributed by atoms with Crippen LogP contribution < -0.4 is 5.73 Å². The summed E-state index contributed by atoms with van der Waals surface area (Å²) >= 11 is 3.29. The maximum absolute atomic E-state index is 14.0. The average molecular weight is 326 g/mol. The molecule has 2 aromatic carbocycles. The second-order valence-electron chi connectivity index (χ2n) is 4.52. The van der Waals surface area contributed by atoms with Crippen LogP contribution in [0.15, 0.2) is 40.9 Å². The van der Waals surface area contributed by atoms with Crippen molar-refractivity contribution in [2.45, 2.75) is 19.4 Å². The Bertz CT molecular complexity index is 599. The zero-order valence-corrected chi connectivity index (χ0v) is 12.0. The molecule has 19 heavy (non-hydrogen) atoms. The molecule has 0 amide bonds. The monoisotopic (exact) mass is 325 g/mol. The van der Waals surface area contributed by atoms with Crippen molar-refractivity contribution in [1.29, 1.82) is 0 Å². The van der Waals surface area contributed by atoms with Gasteiger partial charge in [-0.1, -0.05) is 34.1 Å². The molecule has 0 saturated carbocycles. The third-order valence-corrected chi connectivity index (χ3v) is 3.56. The molecule has 0 fully saturated rings. The van der Waals surface area contributed by atoms with Crippen molar-refractivity contribution in [2.24, 2.45) is 5.73 Å². The molecule has 1 nitrogen and oxygen atoms in total. The van der Waals surface area contributed by atoms with Crippen molar-refractivity contribution < 1.29 is 8.78 Å². The highest BCUT2D eigenvalue weighted by Gasteiger charge is 2.15. The first kappa shape index (κ1) is 14.2. The molecule has 2 aromatic rings. The van der Waals surface area contributed by atoms with Crippen LogP contribution in [0.3, 0.4) is 0 Å². The fourth-order valence-corrected chi connectivity index (χ4v) is 2.41. The molecule has 0 saturated heterocycles. The van der Waals surface area contributed by atoms with Crippen molar-refractivity contribution in [3.05, 3.63) is 69.2 Å². The molecule has 0 aliphatic rings. The Morgan fingerprint density at radius 1 is 1.21 bits per heavy atom. The third-order valence-electron chi connectivity index (χ3n) is 3.07. The molecule has 2 N–H and O–H groups in total. The number of halogens is 3. The van der Waals surface area contributed by atoms with Gasteiger partial charge in [-0.15, -0.1) is 0 Å². The van der Waals surface area contributed by atoms with E-state index in [1.165, 1.54) is 6.07 Å². The van der Waals surface area contributed by atoms with E-state index in [9.17, 15) is 8.78 Å². The normalized spacial score (nSPS) is 12.5. The highest BCUT2D eigenvalue weighted by Crippen LogP contribution is 2.24.